The highest BCUT2D eigenvalue weighted by Crippen LogP contribution is 2.35. The molecular weight excluding hydrogens is 278 g/mol. The predicted octanol–water partition coefficient (Wildman–Crippen LogP) is 3.10. The third kappa shape index (κ3) is 2.48. The van der Waals surface area contributed by atoms with Crippen LogP contribution in [0.5, 0.6) is 0 Å². The Balaban J connectivity index is 0.00000147. The van der Waals surface area contributed by atoms with Gasteiger partial charge in [0, 0.05) is 23.1 Å². The number of hydrogen-bond acceptors (Lipinski definition) is 4. The van der Waals surface area contributed by atoms with Crippen molar-refractivity contribution in [1.82, 2.24) is 0 Å². The van der Waals surface area contributed by atoms with Crippen LogP contribution < -0.4 is 5.73 Å². The Morgan fingerprint density at radius 1 is 1.50 bits per heavy atom. The Morgan fingerprint density at radius 2 is 2.30 bits per heavy atom. The molecule has 1 aliphatic carbocycles. The molecule has 3 rings (SSSR count). The summed E-state index contributed by atoms with van der Waals surface area (Å²) in [7, 11) is 0. The molecule has 0 bridgehead atoms. The number of benzene rings is 1. The van der Waals surface area contributed by atoms with Crippen molar-refractivity contribution in [2.75, 3.05) is 12.3 Å². The van der Waals surface area contributed by atoms with Gasteiger partial charge in [0.05, 0.1) is 12.5 Å². The first-order chi connectivity index (χ1) is 9.19. The van der Waals surface area contributed by atoms with Crippen LogP contribution in [0, 0.1) is 5.92 Å². The smallest absolute Gasteiger partial charge is 0.309 e. The zero-order chi connectivity index (χ0) is 13.4. The Kier molecular flexibility index (Phi) is 4.23. The van der Waals surface area contributed by atoms with Crippen molar-refractivity contribution in [2.24, 2.45) is 5.92 Å². The largest absolute Gasteiger partial charge is 0.466 e. The number of nitrogens with two attached hydrogens (primary N) is 1. The Labute approximate surface area is 123 Å². The van der Waals surface area contributed by atoms with Crippen molar-refractivity contribution < 1.29 is 13.9 Å². The molecule has 1 heterocycles. The molecule has 1 aliphatic rings. The zero-order valence-corrected chi connectivity index (χ0v) is 12.2. The summed E-state index contributed by atoms with van der Waals surface area (Å²) in [6.45, 7) is 2.26. The third-order valence-corrected chi connectivity index (χ3v) is 3.69. The van der Waals surface area contributed by atoms with E-state index in [1.165, 1.54) is 5.56 Å². The summed E-state index contributed by atoms with van der Waals surface area (Å²) < 4.78 is 10.9. The second-order valence-corrected chi connectivity index (χ2v) is 4.95. The zero-order valence-electron chi connectivity index (χ0n) is 11.3. The van der Waals surface area contributed by atoms with Crippen molar-refractivity contribution in [2.45, 2.75) is 26.2 Å². The number of halogens is 1. The molecule has 2 aromatic rings. The van der Waals surface area contributed by atoms with Crippen molar-refractivity contribution in [3.63, 3.8) is 0 Å². The fourth-order valence-corrected chi connectivity index (χ4v) is 2.76. The van der Waals surface area contributed by atoms with E-state index in [0.717, 1.165) is 35.3 Å². The number of esters is 1. The second kappa shape index (κ2) is 5.75. The average molecular weight is 296 g/mol. The highest BCUT2D eigenvalue weighted by Gasteiger charge is 2.29. The highest BCUT2D eigenvalue weighted by molar-refractivity contribution is 5.86. The summed E-state index contributed by atoms with van der Waals surface area (Å²) in [6.07, 6.45) is 2.29. The first kappa shape index (κ1) is 14.7. The van der Waals surface area contributed by atoms with Gasteiger partial charge in [-0.2, -0.15) is 0 Å². The lowest BCUT2D eigenvalue weighted by atomic mass is 9.87. The molecule has 1 aromatic heterocycles. The van der Waals surface area contributed by atoms with Gasteiger partial charge >= 0.3 is 5.97 Å². The van der Waals surface area contributed by atoms with E-state index in [9.17, 15) is 4.79 Å². The molecule has 4 nitrogen and oxygen atoms in total. The third-order valence-electron chi connectivity index (χ3n) is 3.69. The van der Waals surface area contributed by atoms with Crippen LogP contribution in [0.25, 0.3) is 11.0 Å². The van der Waals surface area contributed by atoms with E-state index in [1.54, 1.807) is 0 Å². The van der Waals surface area contributed by atoms with E-state index in [-0.39, 0.29) is 24.3 Å². The van der Waals surface area contributed by atoms with Crippen molar-refractivity contribution >= 4 is 35.0 Å². The van der Waals surface area contributed by atoms with Crippen molar-refractivity contribution in [1.29, 1.82) is 0 Å². The molecule has 1 aromatic carbocycles. The molecule has 108 valence electrons. The number of rotatable bonds is 2. The number of fused-ring (bicyclic) bond motifs is 3. The van der Waals surface area contributed by atoms with Gasteiger partial charge in [-0.3, -0.25) is 4.79 Å². The van der Waals surface area contributed by atoms with Crippen molar-refractivity contribution in [3.05, 3.63) is 29.5 Å². The maximum absolute atomic E-state index is 11.8. The molecule has 1 atom stereocenters. The van der Waals surface area contributed by atoms with Gasteiger partial charge in [-0.1, -0.05) is 0 Å². The van der Waals surface area contributed by atoms with Gasteiger partial charge in [-0.15, -0.1) is 12.4 Å². The Hall–Kier alpha value is -1.68. The minimum Gasteiger partial charge on any atom is -0.466 e. The van der Waals surface area contributed by atoms with Gasteiger partial charge in [0.1, 0.15) is 11.3 Å². The lowest BCUT2D eigenvalue weighted by Crippen LogP contribution is -2.24. The van der Waals surface area contributed by atoms with E-state index in [2.05, 4.69) is 0 Å². The maximum Gasteiger partial charge on any atom is 0.309 e. The minimum absolute atomic E-state index is 0. The quantitative estimate of drug-likeness (QED) is 0.683. The minimum atomic E-state index is -0.117. The molecule has 0 saturated carbocycles. The number of hydrogen-bond donors (Lipinski definition) is 1. The van der Waals surface area contributed by atoms with Gasteiger partial charge in [-0.05, 0) is 38.0 Å². The molecule has 0 radical (unpaired) electrons. The number of aryl methyl sites for hydroxylation is 1. The molecule has 0 spiro atoms. The predicted molar refractivity (Wildman–Crippen MR) is 80.0 cm³/mol. The molecule has 0 saturated heterocycles. The number of carbonyl (C=O) groups excluding carboxylic acids is 1. The summed E-state index contributed by atoms with van der Waals surface area (Å²) in [5, 5.41) is 1.08. The fraction of sp³-hybridized carbons (Fsp3) is 0.400. The van der Waals surface area contributed by atoms with Crippen LogP contribution in [0.15, 0.2) is 22.6 Å². The van der Waals surface area contributed by atoms with Crippen LogP contribution in [-0.4, -0.2) is 12.6 Å². The number of carbonyl (C=O) groups is 1. The average Bonchev–Trinajstić information content (AvgIpc) is 2.76. The van der Waals surface area contributed by atoms with Crippen LogP contribution in [-0.2, 0) is 22.4 Å². The molecule has 0 aliphatic heterocycles. The first-order valence-electron chi connectivity index (χ1n) is 6.65. The summed E-state index contributed by atoms with van der Waals surface area (Å²) in [4.78, 5) is 11.8. The molecule has 1 unspecified atom stereocenters. The monoisotopic (exact) mass is 295 g/mol. The number of nitrogen functional groups attached to an aromatic ring is 1. The van der Waals surface area contributed by atoms with Gasteiger partial charge in [-0.25, -0.2) is 0 Å². The lowest BCUT2D eigenvalue weighted by Gasteiger charge is -2.19. The van der Waals surface area contributed by atoms with Gasteiger partial charge < -0.3 is 14.9 Å². The van der Waals surface area contributed by atoms with Gasteiger partial charge in [0.2, 0.25) is 0 Å². The maximum atomic E-state index is 11.8. The second-order valence-electron chi connectivity index (χ2n) is 4.95. The van der Waals surface area contributed by atoms with E-state index >= 15 is 0 Å². The van der Waals surface area contributed by atoms with E-state index in [0.29, 0.717) is 13.0 Å². The van der Waals surface area contributed by atoms with Crippen LogP contribution >= 0.6 is 12.4 Å². The molecule has 0 amide bonds. The number of anilines is 1. The van der Waals surface area contributed by atoms with Crippen molar-refractivity contribution in [3.8, 4) is 0 Å². The van der Waals surface area contributed by atoms with Crippen LogP contribution in [0.2, 0.25) is 0 Å². The fourth-order valence-electron chi connectivity index (χ4n) is 2.76. The van der Waals surface area contributed by atoms with E-state index in [4.69, 9.17) is 14.9 Å². The van der Waals surface area contributed by atoms with Gasteiger partial charge in [0.25, 0.3) is 0 Å². The molecule has 2 N–H and O–H groups in total. The highest BCUT2D eigenvalue weighted by atomic mass is 35.5. The van der Waals surface area contributed by atoms with Gasteiger partial charge in [0.15, 0.2) is 0 Å². The molecular formula is C15H18ClNO3. The first-order valence-corrected chi connectivity index (χ1v) is 6.65. The topological polar surface area (TPSA) is 65.5 Å². The van der Waals surface area contributed by atoms with E-state index in [1.807, 2.05) is 25.1 Å². The molecule has 20 heavy (non-hydrogen) atoms. The van der Waals surface area contributed by atoms with Crippen LogP contribution in [0.4, 0.5) is 5.69 Å². The number of ether oxygens (including phenoxy) is 1. The number of furan rings is 1. The summed E-state index contributed by atoms with van der Waals surface area (Å²) in [5.74, 6) is 0.711. The van der Waals surface area contributed by atoms with Crippen LogP contribution in [0.3, 0.4) is 0 Å². The molecule has 5 heteroatoms. The normalized spacial score (nSPS) is 17.4. The summed E-state index contributed by atoms with van der Waals surface area (Å²) in [6, 6.07) is 5.67. The Bertz CT molecular complexity index is 635. The summed E-state index contributed by atoms with van der Waals surface area (Å²) in [5.41, 5.74) is 8.60. The molecule has 0 fully saturated rings. The Morgan fingerprint density at radius 3 is 3.05 bits per heavy atom. The SMILES string of the molecule is CCOC(=O)C1CCc2c(oc3ccc(N)cc23)C1.Cl. The standard InChI is InChI=1S/C15H17NO3.ClH/c1-2-18-15(17)9-3-5-11-12-8-10(16)4-6-13(12)19-14(11)7-9;/h4,6,8-9H,2-3,5,7,16H2,1H3;1H. The lowest BCUT2D eigenvalue weighted by molar-refractivity contribution is -0.148. The van der Waals surface area contributed by atoms with E-state index < -0.39 is 0 Å². The summed E-state index contributed by atoms with van der Waals surface area (Å²) >= 11 is 0. The van der Waals surface area contributed by atoms with Crippen LogP contribution in [0.1, 0.15) is 24.7 Å².